The summed E-state index contributed by atoms with van der Waals surface area (Å²) in [6.07, 6.45) is 6.65. The molecule has 0 saturated heterocycles. The Kier molecular flexibility index (Phi) is 12.2. The van der Waals surface area contributed by atoms with Crippen LogP contribution in [-0.4, -0.2) is 70.5 Å². The van der Waals surface area contributed by atoms with Crippen LogP contribution in [0, 0.1) is 5.82 Å². The molecule has 46 heavy (non-hydrogen) atoms. The molecule has 4 N–H and O–H groups in total. The number of halogens is 1. The summed E-state index contributed by atoms with van der Waals surface area (Å²) in [6, 6.07) is 16.7. The van der Waals surface area contributed by atoms with Crippen LogP contribution in [-0.2, 0) is 11.2 Å². The molecule has 11 heteroatoms. The average molecular weight is 648 g/mol. The molecule has 1 aliphatic heterocycles. The smallest absolute Gasteiger partial charge is 0.257 e. The number of nitrogens with one attached hydrogen (secondary N) is 3. The first kappa shape index (κ1) is 33.6. The second-order valence-corrected chi connectivity index (χ2v) is 13.0. The highest BCUT2D eigenvalue weighted by atomic mass is 32.2. The lowest BCUT2D eigenvalue weighted by Gasteiger charge is -2.30. The van der Waals surface area contributed by atoms with E-state index in [1.54, 1.807) is 17.8 Å². The molecule has 2 aliphatic rings. The first-order valence-electron chi connectivity index (χ1n) is 16.0. The van der Waals surface area contributed by atoms with Crippen LogP contribution >= 0.6 is 11.8 Å². The predicted octanol–water partition coefficient (Wildman–Crippen LogP) is 5.28. The number of aryl methyl sites for hydroxylation is 1. The van der Waals surface area contributed by atoms with E-state index >= 15 is 0 Å². The number of thioether (sulfide) groups is 1. The largest absolute Gasteiger partial charge is 0.438 e. The van der Waals surface area contributed by atoms with Gasteiger partial charge in [0.05, 0.1) is 11.2 Å². The summed E-state index contributed by atoms with van der Waals surface area (Å²) >= 11 is 1.60. The first-order valence-corrected chi connectivity index (χ1v) is 17.0. The van der Waals surface area contributed by atoms with Crippen LogP contribution in [0.3, 0.4) is 0 Å². The van der Waals surface area contributed by atoms with Crippen LogP contribution in [0.5, 0.6) is 11.6 Å². The molecule has 244 valence electrons. The molecular weight excluding hydrogens is 605 g/mol. The van der Waals surface area contributed by atoms with Crippen molar-refractivity contribution in [1.29, 1.82) is 0 Å². The van der Waals surface area contributed by atoms with Crippen LogP contribution < -0.4 is 20.7 Å². The van der Waals surface area contributed by atoms with Gasteiger partial charge in [-0.25, -0.2) is 9.37 Å². The summed E-state index contributed by atoms with van der Waals surface area (Å²) in [5.74, 6) is 0.0870. The Morgan fingerprint density at radius 3 is 2.43 bits per heavy atom. The molecular formula is C35H42FN5O4S. The highest BCUT2D eigenvalue weighted by molar-refractivity contribution is 8.14. The molecule has 3 aromatic rings. The zero-order valence-corrected chi connectivity index (χ0v) is 27.0. The van der Waals surface area contributed by atoms with Crippen molar-refractivity contribution in [2.75, 3.05) is 25.4 Å². The van der Waals surface area contributed by atoms with Gasteiger partial charge in [0.1, 0.15) is 23.2 Å². The number of nitrogens with zero attached hydrogens (tertiary/aromatic N) is 2. The van der Waals surface area contributed by atoms with Gasteiger partial charge in [0.15, 0.2) is 0 Å². The van der Waals surface area contributed by atoms with Gasteiger partial charge in [0.25, 0.3) is 5.91 Å². The highest BCUT2D eigenvalue weighted by Gasteiger charge is 2.29. The van der Waals surface area contributed by atoms with Gasteiger partial charge in [-0.15, -0.1) is 11.8 Å². The van der Waals surface area contributed by atoms with Gasteiger partial charge in [-0.3, -0.25) is 14.6 Å². The van der Waals surface area contributed by atoms with Gasteiger partial charge in [0, 0.05) is 24.4 Å². The van der Waals surface area contributed by atoms with Crippen molar-refractivity contribution in [2.24, 2.45) is 4.99 Å². The Labute approximate surface area is 273 Å². The van der Waals surface area contributed by atoms with Crippen LogP contribution in [0.15, 0.2) is 65.8 Å². The third-order valence-corrected chi connectivity index (χ3v) is 9.23. The fourth-order valence-electron chi connectivity index (χ4n) is 5.70. The van der Waals surface area contributed by atoms with Crippen LogP contribution in [0.2, 0.25) is 0 Å². The first-order chi connectivity index (χ1) is 22.4. The molecule has 1 atom stereocenters. The van der Waals surface area contributed by atoms with E-state index in [0.29, 0.717) is 24.3 Å². The molecule has 1 aromatic heterocycles. The third-order valence-electron chi connectivity index (χ3n) is 8.23. The Hall–Kier alpha value is -3.80. The number of amides is 2. The summed E-state index contributed by atoms with van der Waals surface area (Å²) in [4.78, 5) is 34.3. The lowest BCUT2D eigenvalue weighted by molar-refractivity contribution is -0.122. The van der Waals surface area contributed by atoms with Gasteiger partial charge >= 0.3 is 0 Å². The zero-order valence-electron chi connectivity index (χ0n) is 26.1. The normalized spacial score (nSPS) is 19.4. The number of benzene rings is 2. The number of ether oxygens (including phenoxy) is 1. The molecule has 0 spiro atoms. The van der Waals surface area contributed by atoms with Crippen LogP contribution in [0.1, 0.15) is 61.4 Å². The molecule has 1 unspecified atom stereocenters. The third kappa shape index (κ3) is 9.60. The number of hydrogen-bond donors (Lipinski definition) is 4. The van der Waals surface area contributed by atoms with E-state index in [4.69, 9.17) is 9.84 Å². The number of aromatic nitrogens is 1. The lowest BCUT2D eigenvalue weighted by atomic mass is 9.90. The number of carbonyl (C=O) groups is 2. The van der Waals surface area contributed by atoms with Crippen molar-refractivity contribution in [3.05, 3.63) is 77.7 Å². The topological polar surface area (TPSA) is 125 Å². The maximum Gasteiger partial charge on any atom is 0.257 e. The molecule has 0 bridgehead atoms. The Morgan fingerprint density at radius 1 is 0.978 bits per heavy atom. The Morgan fingerprint density at radius 2 is 1.72 bits per heavy atom. The lowest BCUT2D eigenvalue weighted by Crippen LogP contribution is -2.46. The summed E-state index contributed by atoms with van der Waals surface area (Å²) in [5, 5.41) is 19.3. The summed E-state index contributed by atoms with van der Waals surface area (Å²) in [5.41, 5.74) is 3.25. The summed E-state index contributed by atoms with van der Waals surface area (Å²) < 4.78 is 20.3. The van der Waals surface area contributed by atoms with Crippen LogP contribution in [0.25, 0.3) is 11.1 Å². The number of carbonyl (C=O) groups excluding carboxylic acids is 2. The van der Waals surface area contributed by atoms with Crippen molar-refractivity contribution in [3.63, 3.8) is 0 Å². The molecule has 2 heterocycles. The zero-order chi connectivity index (χ0) is 32.3. The maximum absolute atomic E-state index is 14.3. The van der Waals surface area contributed by atoms with Gasteiger partial charge in [-0.1, -0.05) is 36.4 Å². The number of pyridine rings is 1. The van der Waals surface area contributed by atoms with E-state index in [1.165, 1.54) is 5.56 Å². The Bertz CT molecular complexity index is 1510. The number of aliphatic hydroxyl groups excluding tert-OH is 1. The number of aliphatic hydroxyl groups is 1. The van der Waals surface area contributed by atoms with Crippen molar-refractivity contribution in [1.82, 2.24) is 20.9 Å². The van der Waals surface area contributed by atoms with E-state index < -0.39 is 11.7 Å². The van der Waals surface area contributed by atoms with E-state index in [-0.39, 0.29) is 42.1 Å². The number of hydrogen-bond acceptors (Lipinski definition) is 8. The van der Waals surface area contributed by atoms with Crippen molar-refractivity contribution in [3.8, 4) is 22.8 Å². The van der Waals surface area contributed by atoms with E-state index in [0.717, 1.165) is 73.6 Å². The van der Waals surface area contributed by atoms with E-state index in [2.05, 4.69) is 50.2 Å². The van der Waals surface area contributed by atoms with E-state index in [9.17, 15) is 14.0 Å². The molecule has 1 fully saturated rings. The van der Waals surface area contributed by atoms with Crippen molar-refractivity contribution >= 4 is 28.6 Å². The summed E-state index contributed by atoms with van der Waals surface area (Å²) in [6.45, 7) is 3.86. The molecule has 1 saturated carbocycles. The quantitative estimate of drug-likeness (QED) is 0.176. The Balaban J connectivity index is 1.15. The van der Waals surface area contributed by atoms with Crippen LogP contribution in [0.4, 0.5) is 4.39 Å². The van der Waals surface area contributed by atoms with E-state index in [1.807, 2.05) is 25.1 Å². The van der Waals surface area contributed by atoms with Gasteiger partial charge in [-0.2, -0.15) is 0 Å². The molecule has 2 amide bonds. The monoisotopic (exact) mass is 647 g/mol. The SMILES string of the molecule is CC1=NC(C(=O)NC2CCC(NC(=O)c3cc(F)cnc3Oc3cccc(-c4ccc(CCCNCCCO)cc4)c3)CC2)CS1. The molecule has 1 aliphatic carbocycles. The molecule has 0 radical (unpaired) electrons. The molecule has 9 nitrogen and oxygen atoms in total. The second-order valence-electron chi connectivity index (χ2n) is 11.8. The molecule has 5 rings (SSSR count). The number of rotatable bonds is 14. The average Bonchev–Trinajstić information content (AvgIpc) is 3.51. The summed E-state index contributed by atoms with van der Waals surface area (Å²) in [7, 11) is 0. The van der Waals surface area contributed by atoms with Gasteiger partial charge < -0.3 is 25.8 Å². The molecule has 2 aromatic carbocycles. The fraction of sp³-hybridized carbons (Fsp3) is 0.429. The highest BCUT2D eigenvalue weighted by Crippen LogP contribution is 2.29. The minimum atomic E-state index is -0.623. The fourth-order valence-corrected chi connectivity index (χ4v) is 6.53. The second kappa shape index (κ2) is 16.7. The van der Waals surface area contributed by atoms with Crippen molar-refractivity contribution in [2.45, 2.75) is 70.0 Å². The van der Waals surface area contributed by atoms with Crippen molar-refractivity contribution < 1.29 is 23.8 Å². The standard InChI is InChI=1S/C35H42FN5O4S/c1-23-39-32(22-46-23)34(44)41-29-14-12-28(13-15-29)40-33(43)31-20-27(36)21-38-35(31)45-30-7-2-6-26(19-30)25-10-8-24(9-11-25)5-3-16-37-17-4-18-42/h2,6-11,19-21,28-29,32,37,42H,3-5,12-18,22H2,1H3,(H,40,43)(H,41,44). The maximum atomic E-state index is 14.3. The van der Waals surface area contributed by atoms with Gasteiger partial charge in [0.2, 0.25) is 11.8 Å². The minimum absolute atomic E-state index is 0.0306. The van der Waals surface area contributed by atoms with Gasteiger partial charge in [-0.05, 0) is 99.8 Å². The number of aliphatic imine (C=N–C) groups is 1. The predicted molar refractivity (Wildman–Crippen MR) is 180 cm³/mol. The minimum Gasteiger partial charge on any atom is -0.438 e.